The normalized spacial score (nSPS) is 13.0. The molecular weight excluding hydrogens is 292 g/mol. The summed E-state index contributed by atoms with van der Waals surface area (Å²) in [6.45, 7) is 11.3. The Morgan fingerprint density at radius 3 is 2.19 bits per heavy atom. The minimum atomic E-state index is -1.84. The van der Waals surface area contributed by atoms with Crippen molar-refractivity contribution in [2.45, 2.75) is 44.7 Å². The quantitative estimate of drug-likeness (QED) is 0.483. The number of carbonyl (C=O) groups excluding carboxylic acids is 1. The molecule has 1 atom stereocenters. The van der Waals surface area contributed by atoms with Gasteiger partial charge in [-0.3, -0.25) is 4.79 Å². The Balaban J connectivity index is 3.15. The maximum atomic E-state index is 11.8. The molecule has 0 heterocycles. The van der Waals surface area contributed by atoms with Crippen LogP contribution in [-0.4, -0.2) is 29.2 Å². The van der Waals surface area contributed by atoms with Crippen molar-refractivity contribution < 1.29 is 9.53 Å². The van der Waals surface area contributed by atoms with Crippen LogP contribution in [0, 0.1) is 11.5 Å². The molecular formula is C17H26O2Si2. The molecule has 0 bridgehead atoms. The second kappa shape index (κ2) is 7.10. The number of ether oxygens (including phenoxy) is 1. The Labute approximate surface area is 130 Å². The first-order valence-electron chi connectivity index (χ1n) is 7.32. The fourth-order valence-corrected chi connectivity index (χ4v) is 5.42. The van der Waals surface area contributed by atoms with Crippen LogP contribution >= 0.6 is 0 Å². The third-order valence-corrected chi connectivity index (χ3v) is 8.42. The highest BCUT2D eigenvalue weighted by Crippen LogP contribution is 2.25. The highest BCUT2D eigenvalue weighted by molar-refractivity contribution is 6.92. The minimum absolute atomic E-state index is 0.0964. The predicted octanol–water partition coefficient (Wildman–Crippen LogP) is 3.42. The van der Waals surface area contributed by atoms with Gasteiger partial charge in [-0.25, -0.2) is 0 Å². The van der Waals surface area contributed by atoms with Crippen LogP contribution in [0.3, 0.4) is 0 Å². The zero-order chi connectivity index (χ0) is 16.1. The summed E-state index contributed by atoms with van der Waals surface area (Å²) in [4.78, 5) is 11.8. The van der Waals surface area contributed by atoms with Crippen LogP contribution in [0.1, 0.15) is 6.42 Å². The van der Waals surface area contributed by atoms with Crippen molar-refractivity contribution in [3.05, 3.63) is 30.3 Å². The number of hydrogen-bond acceptors (Lipinski definition) is 2. The Bertz CT molecular complexity index is 533. The largest absolute Gasteiger partial charge is 0.469 e. The second-order valence-electron chi connectivity index (χ2n) is 6.94. The van der Waals surface area contributed by atoms with Crippen molar-refractivity contribution in [1.29, 1.82) is 0 Å². The van der Waals surface area contributed by atoms with Crippen LogP contribution in [0.25, 0.3) is 0 Å². The van der Waals surface area contributed by atoms with Crippen LogP contribution in [0.2, 0.25) is 38.3 Å². The van der Waals surface area contributed by atoms with E-state index in [1.807, 2.05) is 6.07 Å². The molecule has 0 aromatic heterocycles. The van der Waals surface area contributed by atoms with E-state index in [1.54, 1.807) is 0 Å². The zero-order valence-corrected chi connectivity index (χ0v) is 16.0. The lowest BCUT2D eigenvalue weighted by atomic mass is 10.3. The average molecular weight is 319 g/mol. The predicted molar refractivity (Wildman–Crippen MR) is 95.1 cm³/mol. The number of carbonyl (C=O) groups is 1. The van der Waals surface area contributed by atoms with Gasteiger partial charge in [0, 0.05) is 5.54 Å². The fourth-order valence-electron chi connectivity index (χ4n) is 2.11. The summed E-state index contributed by atoms with van der Waals surface area (Å²) >= 11 is 0. The van der Waals surface area contributed by atoms with E-state index in [-0.39, 0.29) is 11.5 Å². The molecule has 0 radical (unpaired) electrons. The minimum Gasteiger partial charge on any atom is -0.469 e. The molecule has 2 nitrogen and oxygen atoms in total. The Hall–Kier alpha value is -1.32. The van der Waals surface area contributed by atoms with Gasteiger partial charge >= 0.3 is 5.97 Å². The van der Waals surface area contributed by atoms with E-state index in [0.29, 0.717) is 6.42 Å². The van der Waals surface area contributed by atoms with Gasteiger partial charge in [0.1, 0.15) is 8.07 Å². The second-order valence-corrected chi connectivity index (χ2v) is 16.4. The number of rotatable bonds is 4. The molecule has 1 aromatic rings. The monoisotopic (exact) mass is 318 g/mol. The van der Waals surface area contributed by atoms with Crippen LogP contribution in [0.5, 0.6) is 0 Å². The molecule has 1 rings (SSSR count). The summed E-state index contributed by atoms with van der Waals surface area (Å²) < 4.78 is 4.87. The first kappa shape index (κ1) is 17.7. The van der Waals surface area contributed by atoms with E-state index in [4.69, 9.17) is 4.74 Å². The van der Waals surface area contributed by atoms with Gasteiger partial charge < -0.3 is 4.74 Å². The molecule has 0 fully saturated rings. The molecule has 0 N–H and O–H groups in total. The van der Waals surface area contributed by atoms with Crippen LogP contribution < -0.4 is 5.19 Å². The molecule has 21 heavy (non-hydrogen) atoms. The third kappa shape index (κ3) is 5.52. The maximum Gasteiger partial charge on any atom is 0.306 e. The summed E-state index contributed by atoms with van der Waals surface area (Å²) in [6.07, 6.45) is 0.391. The molecule has 0 unspecified atom stereocenters. The number of methoxy groups -OCH3 is 1. The summed E-state index contributed by atoms with van der Waals surface area (Å²) in [5.41, 5.74) is 3.54. The van der Waals surface area contributed by atoms with Gasteiger partial charge in [0.15, 0.2) is 0 Å². The number of esters is 1. The molecule has 0 saturated carbocycles. The van der Waals surface area contributed by atoms with Crippen molar-refractivity contribution in [1.82, 2.24) is 0 Å². The van der Waals surface area contributed by atoms with E-state index in [1.165, 1.54) is 12.3 Å². The Morgan fingerprint density at radius 1 is 1.14 bits per heavy atom. The standard InChI is InChI=1S/C17H26O2Si2/c1-19-17(18)14-16(12-13-20(2,3)4)21(5,6)15-10-8-7-9-11-15/h7-11,16H,14H2,1-6H3/t16-/m0/s1. The first-order chi connectivity index (χ1) is 9.66. The molecule has 1 aromatic carbocycles. The summed E-state index contributed by atoms with van der Waals surface area (Å²) in [5.74, 6) is 3.27. The van der Waals surface area contributed by atoms with Crippen molar-refractivity contribution in [3.63, 3.8) is 0 Å². The van der Waals surface area contributed by atoms with Gasteiger partial charge in [0.25, 0.3) is 0 Å². The molecule has 0 amide bonds. The van der Waals surface area contributed by atoms with Gasteiger partial charge in [-0.2, -0.15) is 0 Å². The van der Waals surface area contributed by atoms with E-state index >= 15 is 0 Å². The van der Waals surface area contributed by atoms with Crippen molar-refractivity contribution in [2.75, 3.05) is 7.11 Å². The van der Waals surface area contributed by atoms with Gasteiger partial charge in [-0.15, -0.1) is 11.5 Å². The van der Waals surface area contributed by atoms with E-state index < -0.39 is 16.1 Å². The molecule has 0 spiro atoms. The van der Waals surface area contributed by atoms with Crippen molar-refractivity contribution in [3.8, 4) is 11.5 Å². The SMILES string of the molecule is COC(=O)C[C@H](C#C[Si](C)(C)C)[Si](C)(C)c1ccccc1. The van der Waals surface area contributed by atoms with Gasteiger partial charge in [0.2, 0.25) is 0 Å². The lowest BCUT2D eigenvalue weighted by molar-refractivity contribution is -0.140. The highest BCUT2D eigenvalue weighted by Gasteiger charge is 2.34. The van der Waals surface area contributed by atoms with Crippen LogP contribution in [0.15, 0.2) is 30.3 Å². The lowest BCUT2D eigenvalue weighted by Crippen LogP contribution is -2.46. The van der Waals surface area contributed by atoms with Crippen LogP contribution in [-0.2, 0) is 9.53 Å². The molecule has 0 aliphatic heterocycles. The number of benzene rings is 1. The fraction of sp³-hybridized carbons (Fsp3) is 0.471. The van der Waals surface area contributed by atoms with Crippen LogP contribution in [0.4, 0.5) is 0 Å². The molecule has 0 saturated heterocycles. The average Bonchev–Trinajstić information content (AvgIpc) is 2.42. The summed E-state index contributed by atoms with van der Waals surface area (Å²) in [7, 11) is -1.85. The third-order valence-electron chi connectivity index (χ3n) is 3.61. The smallest absolute Gasteiger partial charge is 0.306 e. The van der Waals surface area contributed by atoms with E-state index in [0.717, 1.165) is 0 Å². The van der Waals surface area contributed by atoms with Crippen molar-refractivity contribution >= 4 is 27.3 Å². The highest BCUT2D eigenvalue weighted by atomic mass is 28.3. The topological polar surface area (TPSA) is 26.3 Å². The van der Waals surface area contributed by atoms with Gasteiger partial charge in [-0.1, -0.05) is 68.3 Å². The van der Waals surface area contributed by atoms with Gasteiger partial charge in [0.05, 0.1) is 21.6 Å². The summed E-state index contributed by atoms with van der Waals surface area (Å²) in [6, 6.07) is 10.5. The van der Waals surface area contributed by atoms with E-state index in [9.17, 15) is 4.79 Å². The Morgan fingerprint density at radius 2 is 1.71 bits per heavy atom. The molecule has 114 valence electrons. The maximum absolute atomic E-state index is 11.8. The molecule has 0 aliphatic carbocycles. The molecule has 4 heteroatoms. The zero-order valence-electron chi connectivity index (χ0n) is 14.0. The van der Waals surface area contributed by atoms with E-state index in [2.05, 4.69) is 68.5 Å². The number of hydrogen-bond donors (Lipinski definition) is 0. The Kier molecular flexibility index (Phi) is 6.00. The summed E-state index contributed by atoms with van der Waals surface area (Å²) in [5, 5.41) is 1.34. The first-order valence-corrected chi connectivity index (χ1v) is 13.9. The lowest BCUT2D eigenvalue weighted by Gasteiger charge is -2.29. The molecule has 0 aliphatic rings. The van der Waals surface area contributed by atoms with Crippen molar-refractivity contribution in [2.24, 2.45) is 0 Å². The van der Waals surface area contributed by atoms with Gasteiger partial charge in [-0.05, 0) is 0 Å².